The molecule has 0 saturated heterocycles. The van der Waals surface area contributed by atoms with E-state index < -0.39 is 22.1 Å². The van der Waals surface area contributed by atoms with E-state index in [9.17, 15) is 8.42 Å². The fourth-order valence-electron chi connectivity index (χ4n) is 4.31. The Balaban J connectivity index is 1.68. The Kier molecular flexibility index (Phi) is 7.06. The van der Waals surface area contributed by atoms with Crippen molar-refractivity contribution >= 4 is 56.2 Å². The van der Waals surface area contributed by atoms with Crippen molar-refractivity contribution in [3.8, 4) is 5.75 Å². The van der Waals surface area contributed by atoms with E-state index in [2.05, 4.69) is 20.6 Å². The maximum absolute atomic E-state index is 12.9. The summed E-state index contributed by atoms with van der Waals surface area (Å²) < 4.78 is 54.0. The van der Waals surface area contributed by atoms with Crippen LogP contribution >= 0.6 is 23.2 Å². The number of nitrogens with one attached hydrogen (secondary N) is 2. The zero-order valence-corrected chi connectivity index (χ0v) is 22.3. The van der Waals surface area contributed by atoms with Gasteiger partial charge in [-0.25, -0.2) is 13.4 Å². The van der Waals surface area contributed by atoms with E-state index >= 15 is 0 Å². The number of sulfone groups is 1. The quantitative estimate of drug-likeness (QED) is 0.299. The van der Waals surface area contributed by atoms with Crippen LogP contribution in [-0.2, 0) is 9.84 Å². The molecule has 7 nitrogen and oxygen atoms in total. The predicted octanol–water partition coefficient (Wildman–Crippen LogP) is 7.51. The molecule has 1 aliphatic carbocycles. The molecule has 3 aromatic rings. The van der Waals surface area contributed by atoms with Crippen LogP contribution in [0, 0.1) is 0 Å². The highest BCUT2D eigenvalue weighted by atomic mass is 35.5. The first-order valence-electron chi connectivity index (χ1n) is 13.3. The Labute approximate surface area is 226 Å². The molecule has 0 spiro atoms. The second kappa shape index (κ2) is 11.2. The molecular formula is C26H30Cl2N4O3S. The number of para-hydroxylation sites is 1. The highest BCUT2D eigenvalue weighted by molar-refractivity contribution is 7.92. The van der Waals surface area contributed by atoms with Crippen LogP contribution in [0.5, 0.6) is 5.75 Å². The number of rotatable bonds is 8. The van der Waals surface area contributed by atoms with Gasteiger partial charge in [0, 0.05) is 5.02 Å². The van der Waals surface area contributed by atoms with Crippen LogP contribution < -0.4 is 15.4 Å². The minimum atomic E-state index is -3.59. The lowest BCUT2D eigenvalue weighted by Crippen LogP contribution is -2.15. The molecule has 0 bridgehead atoms. The van der Waals surface area contributed by atoms with Crippen molar-refractivity contribution in [2.75, 3.05) is 17.7 Å². The summed E-state index contributed by atoms with van der Waals surface area (Å²) in [5.41, 5.74) is 1.43. The van der Waals surface area contributed by atoms with Crippen molar-refractivity contribution in [3.63, 3.8) is 0 Å². The van der Waals surface area contributed by atoms with Crippen molar-refractivity contribution in [1.82, 2.24) is 9.97 Å². The Bertz CT molecular complexity index is 1450. The molecule has 1 heterocycles. The largest absolute Gasteiger partial charge is 0.495 e. The molecule has 4 rings (SSSR count). The first-order chi connectivity index (χ1) is 18.3. The Morgan fingerprint density at radius 1 is 1.06 bits per heavy atom. The zero-order chi connectivity index (χ0) is 28.4. The molecule has 0 aliphatic heterocycles. The smallest absolute Gasteiger partial charge is 0.229 e. The summed E-state index contributed by atoms with van der Waals surface area (Å²) in [4.78, 5) is 8.73. The predicted molar refractivity (Wildman–Crippen MR) is 146 cm³/mol. The fraction of sp³-hybridized carbons (Fsp3) is 0.385. The first kappa shape index (κ1) is 22.6. The molecule has 0 amide bonds. The molecule has 192 valence electrons. The van der Waals surface area contributed by atoms with Crippen LogP contribution in [0.3, 0.4) is 0 Å². The molecule has 0 radical (unpaired) electrons. The molecule has 1 fully saturated rings. The summed E-state index contributed by atoms with van der Waals surface area (Å²) >= 11 is 13.0. The van der Waals surface area contributed by atoms with Gasteiger partial charge in [0.15, 0.2) is 15.7 Å². The molecule has 1 saturated carbocycles. The number of aromatic nitrogens is 2. The molecular weight excluding hydrogens is 519 g/mol. The lowest BCUT2D eigenvalue weighted by atomic mass is 9.84. The van der Waals surface area contributed by atoms with Crippen molar-refractivity contribution in [1.29, 1.82) is 0 Å². The van der Waals surface area contributed by atoms with E-state index in [1.165, 1.54) is 18.7 Å². The number of methoxy groups -OCH3 is 1. The van der Waals surface area contributed by atoms with E-state index in [1.807, 2.05) is 0 Å². The van der Waals surface area contributed by atoms with Crippen LogP contribution in [0.4, 0.5) is 23.1 Å². The normalized spacial score (nSPS) is 16.2. The number of ether oxygens (including phenoxy) is 1. The van der Waals surface area contributed by atoms with E-state index in [1.54, 1.807) is 44.2 Å². The minimum Gasteiger partial charge on any atom is -0.495 e. The first-order valence-corrected chi connectivity index (χ1v) is 14.1. The summed E-state index contributed by atoms with van der Waals surface area (Å²) in [6, 6.07) is 9.76. The molecule has 0 unspecified atom stereocenters. The Morgan fingerprint density at radius 2 is 1.81 bits per heavy atom. The van der Waals surface area contributed by atoms with E-state index in [-0.39, 0.29) is 39.0 Å². The van der Waals surface area contributed by atoms with Gasteiger partial charge in [-0.05, 0) is 62.4 Å². The summed E-state index contributed by atoms with van der Waals surface area (Å²) in [5, 5.41) is 5.99. The third-order valence-electron chi connectivity index (χ3n) is 6.31. The maximum Gasteiger partial charge on any atom is 0.229 e. The van der Waals surface area contributed by atoms with Gasteiger partial charge in [0.25, 0.3) is 0 Å². The summed E-state index contributed by atoms with van der Waals surface area (Å²) in [6.07, 6.45) is 6.65. The lowest BCUT2D eigenvalue weighted by Gasteiger charge is -2.24. The second-order valence-electron chi connectivity index (χ2n) is 9.04. The summed E-state index contributed by atoms with van der Waals surface area (Å²) in [5.74, 6) is 0.553. The number of hydrogen-bond donors (Lipinski definition) is 2. The number of anilines is 4. The van der Waals surface area contributed by atoms with Gasteiger partial charge in [-0.2, -0.15) is 4.98 Å². The fourth-order valence-corrected chi connectivity index (χ4v) is 5.97. The molecule has 1 aromatic heterocycles. The summed E-state index contributed by atoms with van der Waals surface area (Å²) in [6.45, 7) is 3.21. The van der Waals surface area contributed by atoms with E-state index in [0.29, 0.717) is 10.7 Å². The molecule has 10 heteroatoms. The highest BCUT2D eigenvalue weighted by Crippen LogP contribution is 2.41. The number of nitrogens with zero attached hydrogens (tertiary/aromatic N) is 2. The molecule has 2 aromatic carbocycles. The van der Waals surface area contributed by atoms with Crippen LogP contribution in [-0.4, -0.2) is 30.7 Å². The average molecular weight is 553 g/mol. The third-order valence-corrected chi connectivity index (χ3v) is 9.13. The molecule has 0 atom stereocenters. The number of benzene rings is 2. The van der Waals surface area contributed by atoms with Crippen molar-refractivity contribution in [2.45, 2.75) is 62.0 Å². The van der Waals surface area contributed by atoms with Gasteiger partial charge in [0.05, 0.1) is 38.9 Å². The Morgan fingerprint density at radius 3 is 2.53 bits per heavy atom. The standard InChI is InChI=1S/C26H30Cl2N4O3S/c1-16(2)36(33,34)24-12-8-7-11-21(24)30-25-20(28)15-29-26(32-25)31-22-14-19(27)18(13-23(22)35-3)17-9-5-4-6-10-17/h7-8,11-17H,4-6,9-10H2,1-3H3,(H2,29,30,31,32)/i3D3. The topological polar surface area (TPSA) is 93.2 Å². The van der Waals surface area contributed by atoms with Gasteiger partial charge in [-0.15, -0.1) is 0 Å². The van der Waals surface area contributed by atoms with Crippen LogP contribution in [0.2, 0.25) is 10.0 Å². The van der Waals surface area contributed by atoms with Crippen LogP contribution in [0.15, 0.2) is 47.5 Å². The van der Waals surface area contributed by atoms with Gasteiger partial charge in [-0.1, -0.05) is 54.6 Å². The zero-order valence-electron chi connectivity index (χ0n) is 23.0. The second-order valence-corrected chi connectivity index (χ2v) is 12.3. The van der Waals surface area contributed by atoms with Gasteiger partial charge < -0.3 is 15.4 Å². The number of hydrogen-bond acceptors (Lipinski definition) is 7. The van der Waals surface area contributed by atoms with Crippen LogP contribution in [0.1, 0.15) is 61.5 Å². The highest BCUT2D eigenvalue weighted by Gasteiger charge is 2.24. The number of halogens is 2. The minimum absolute atomic E-state index is 0.0722. The summed E-state index contributed by atoms with van der Waals surface area (Å²) in [7, 11) is -6.28. The SMILES string of the molecule is [2H]C([2H])([2H])Oc1cc(C2CCCCC2)c(Cl)cc1Nc1ncc(Cl)c(Nc2ccccc2S(=O)(=O)C(C)C)n1. The van der Waals surface area contributed by atoms with E-state index in [4.69, 9.17) is 32.1 Å². The van der Waals surface area contributed by atoms with Crippen molar-refractivity contribution in [2.24, 2.45) is 0 Å². The monoisotopic (exact) mass is 551 g/mol. The van der Waals surface area contributed by atoms with Crippen LogP contribution in [0.25, 0.3) is 0 Å². The van der Waals surface area contributed by atoms with Gasteiger partial charge in [-0.3, -0.25) is 0 Å². The van der Waals surface area contributed by atoms with Gasteiger partial charge in [0.2, 0.25) is 5.95 Å². The van der Waals surface area contributed by atoms with Gasteiger partial charge >= 0.3 is 0 Å². The van der Waals surface area contributed by atoms with Crippen molar-refractivity contribution < 1.29 is 17.3 Å². The Hall–Kier alpha value is -2.55. The third kappa shape index (κ3) is 5.71. The lowest BCUT2D eigenvalue weighted by molar-refractivity contribution is 0.411. The molecule has 2 N–H and O–H groups in total. The average Bonchev–Trinajstić information content (AvgIpc) is 2.87. The van der Waals surface area contributed by atoms with E-state index in [0.717, 1.165) is 31.2 Å². The molecule has 1 aliphatic rings. The van der Waals surface area contributed by atoms with Crippen molar-refractivity contribution in [3.05, 3.63) is 58.2 Å². The molecule has 36 heavy (non-hydrogen) atoms. The van der Waals surface area contributed by atoms with Gasteiger partial charge in [0.1, 0.15) is 10.8 Å². The maximum atomic E-state index is 12.9.